The zero-order valence-electron chi connectivity index (χ0n) is 11.7. The quantitative estimate of drug-likeness (QED) is 0.400. The highest BCUT2D eigenvalue weighted by Crippen LogP contribution is 2.43. The molecule has 1 unspecified atom stereocenters. The third-order valence-corrected chi connectivity index (χ3v) is 7.53. The minimum atomic E-state index is -4.54. The maximum Gasteiger partial charge on any atom is 0.408 e. The molecule has 0 spiro atoms. The second kappa shape index (κ2) is 7.13. The lowest BCUT2D eigenvalue weighted by molar-refractivity contribution is 0.0674. The van der Waals surface area contributed by atoms with Gasteiger partial charge in [0.15, 0.2) is 10.3 Å². The average molecular weight is 371 g/mol. The Bertz CT molecular complexity index is 581. The lowest BCUT2D eigenvalue weighted by atomic mass is 10.4. The summed E-state index contributed by atoms with van der Waals surface area (Å²) in [5.41, 5.74) is 0. The number of hydrogen-bond acceptors (Lipinski definition) is 9. The van der Waals surface area contributed by atoms with Crippen molar-refractivity contribution in [3.05, 3.63) is 0 Å². The van der Waals surface area contributed by atoms with E-state index in [4.69, 9.17) is 17.7 Å². The largest absolute Gasteiger partial charge is 0.408 e. The Morgan fingerprint density at radius 1 is 1.09 bits per heavy atom. The van der Waals surface area contributed by atoms with Crippen LogP contribution in [0, 0.1) is 0 Å². The number of aliphatic imine (C=N–C) groups is 1. The zero-order chi connectivity index (χ0) is 15.6. The highest BCUT2D eigenvalue weighted by Gasteiger charge is 2.31. The van der Waals surface area contributed by atoms with Crippen LogP contribution in [0.5, 0.6) is 0 Å². The summed E-state index contributed by atoms with van der Waals surface area (Å²) in [6.45, 7) is 4.97. The van der Waals surface area contributed by atoms with E-state index in [1.165, 1.54) is 10.8 Å². The van der Waals surface area contributed by atoms with Crippen LogP contribution in [0.15, 0.2) is 4.99 Å². The molecule has 3 heterocycles. The molecule has 3 aliphatic heterocycles. The van der Waals surface area contributed by atoms with Crippen molar-refractivity contribution in [1.29, 1.82) is 0 Å². The number of ether oxygens (including phenoxy) is 2. The van der Waals surface area contributed by atoms with Crippen LogP contribution in [0.25, 0.3) is 0 Å². The number of rotatable bonds is 2. The maximum atomic E-state index is 11.1. The summed E-state index contributed by atoms with van der Waals surface area (Å²) in [6.07, 6.45) is 0. The molecule has 12 heteroatoms. The van der Waals surface area contributed by atoms with E-state index in [-0.39, 0.29) is 0 Å². The molecule has 126 valence electrons. The molecule has 2 fully saturated rings. The fraction of sp³-hybridized carbons (Fsp3) is 0.800. The van der Waals surface area contributed by atoms with Gasteiger partial charge in [-0.2, -0.15) is 12.0 Å². The number of hydrogen-bond donors (Lipinski definition) is 1. The van der Waals surface area contributed by atoms with Gasteiger partial charge in [0.05, 0.1) is 36.2 Å². The zero-order valence-corrected chi connectivity index (χ0v) is 14.2. The van der Waals surface area contributed by atoms with Crippen molar-refractivity contribution in [3.63, 3.8) is 0 Å². The molecule has 0 aromatic rings. The van der Waals surface area contributed by atoms with Crippen LogP contribution in [0.1, 0.15) is 0 Å². The summed E-state index contributed by atoms with van der Waals surface area (Å²) in [6, 6.07) is 0. The van der Waals surface area contributed by atoms with E-state index in [0.717, 1.165) is 0 Å². The van der Waals surface area contributed by atoms with Gasteiger partial charge in [-0.3, -0.25) is 4.55 Å². The topological polar surface area (TPSA) is 101 Å². The van der Waals surface area contributed by atoms with Crippen molar-refractivity contribution in [2.24, 2.45) is 4.99 Å². The third kappa shape index (κ3) is 4.20. The third-order valence-electron chi connectivity index (χ3n) is 3.20. The van der Waals surface area contributed by atoms with Gasteiger partial charge in [0.25, 0.3) is 0 Å². The molecule has 1 N–H and O–H groups in total. The van der Waals surface area contributed by atoms with Gasteiger partial charge in [-0.15, -0.1) is 0 Å². The molecule has 0 bridgehead atoms. The summed E-state index contributed by atoms with van der Waals surface area (Å²) >= 11 is 0. The monoisotopic (exact) mass is 371 g/mol. The SMILES string of the molecule is O=S(=O)(O)OS1=C(N2CCOCC2)N=C(N2CCOCC2)S1. The van der Waals surface area contributed by atoms with Crippen molar-refractivity contribution in [2.45, 2.75) is 0 Å². The highest BCUT2D eigenvalue weighted by molar-refractivity contribution is 8.88. The first kappa shape index (κ1) is 16.6. The van der Waals surface area contributed by atoms with E-state index < -0.39 is 20.2 Å². The molecule has 0 amide bonds. The van der Waals surface area contributed by atoms with Gasteiger partial charge in [0, 0.05) is 37.0 Å². The van der Waals surface area contributed by atoms with Crippen LogP contribution in [0.4, 0.5) is 0 Å². The number of morpholine rings is 2. The Labute approximate surface area is 135 Å². The molecule has 0 aromatic carbocycles. The van der Waals surface area contributed by atoms with Crippen molar-refractivity contribution in [2.75, 3.05) is 52.6 Å². The summed E-state index contributed by atoms with van der Waals surface area (Å²) in [5.74, 6) is 0. The van der Waals surface area contributed by atoms with E-state index in [0.29, 0.717) is 62.9 Å². The Balaban J connectivity index is 1.80. The van der Waals surface area contributed by atoms with E-state index in [9.17, 15) is 8.42 Å². The standard InChI is InChI=1S/C10H17N3O6S3/c14-22(15,16)19-21-10(13-3-7-18-8-4-13)11-9(20-21)12-1-5-17-6-2-12/h1-8H2,(H,14,15,16). The van der Waals surface area contributed by atoms with E-state index in [1.807, 2.05) is 9.80 Å². The van der Waals surface area contributed by atoms with Crippen molar-refractivity contribution in [1.82, 2.24) is 9.80 Å². The first-order chi connectivity index (χ1) is 10.5. The lowest BCUT2D eigenvalue weighted by Crippen LogP contribution is -2.41. The van der Waals surface area contributed by atoms with Gasteiger partial charge in [0.2, 0.25) is 0 Å². The first-order valence-electron chi connectivity index (χ1n) is 6.74. The van der Waals surface area contributed by atoms with Gasteiger partial charge >= 0.3 is 10.4 Å². The molecule has 3 rings (SSSR count). The van der Waals surface area contributed by atoms with Gasteiger partial charge in [0.1, 0.15) is 0 Å². The van der Waals surface area contributed by atoms with Gasteiger partial charge in [-0.25, -0.2) is 9.89 Å². The molecule has 1 atom stereocenters. The van der Waals surface area contributed by atoms with E-state index in [1.54, 1.807) is 0 Å². The summed E-state index contributed by atoms with van der Waals surface area (Å²) in [5, 5.41) is 1.24. The Morgan fingerprint density at radius 2 is 1.64 bits per heavy atom. The molecule has 2 saturated heterocycles. The van der Waals surface area contributed by atoms with Crippen LogP contribution in [-0.4, -0.2) is 85.7 Å². The summed E-state index contributed by atoms with van der Waals surface area (Å²) < 4.78 is 46.6. The fourth-order valence-electron chi connectivity index (χ4n) is 2.17. The van der Waals surface area contributed by atoms with Crippen LogP contribution in [0.3, 0.4) is 0 Å². The fourth-order valence-corrected chi connectivity index (χ4v) is 6.75. The van der Waals surface area contributed by atoms with Crippen LogP contribution in [-0.2, 0) is 23.5 Å². The van der Waals surface area contributed by atoms with Crippen molar-refractivity contribution < 1.29 is 26.1 Å². The van der Waals surface area contributed by atoms with Gasteiger partial charge < -0.3 is 14.4 Å². The normalized spacial score (nSPS) is 28.0. The Morgan fingerprint density at radius 3 is 2.18 bits per heavy atom. The van der Waals surface area contributed by atoms with Gasteiger partial charge in [-0.1, -0.05) is 0 Å². The van der Waals surface area contributed by atoms with Crippen molar-refractivity contribution in [3.8, 4) is 0 Å². The molecule has 9 nitrogen and oxygen atoms in total. The molecule has 0 aromatic heterocycles. The average Bonchev–Trinajstić information content (AvgIpc) is 2.91. The Hall–Kier alpha value is -0.210. The van der Waals surface area contributed by atoms with Gasteiger partial charge in [-0.05, 0) is 0 Å². The maximum absolute atomic E-state index is 11.1. The van der Waals surface area contributed by atoms with E-state index in [2.05, 4.69) is 4.99 Å². The van der Waals surface area contributed by atoms with Crippen LogP contribution < -0.4 is 0 Å². The minimum Gasteiger partial charge on any atom is -0.379 e. The molecule has 0 aliphatic carbocycles. The molecular weight excluding hydrogens is 354 g/mol. The predicted molar refractivity (Wildman–Crippen MR) is 85.0 cm³/mol. The predicted octanol–water partition coefficient (Wildman–Crippen LogP) is -0.241. The highest BCUT2D eigenvalue weighted by atomic mass is 33.1. The molecule has 22 heavy (non-hydrogen) atoms. The van der Waals surface area contributed by atoms with Crippen LogP contribution >= 0.6 is 20.6 Å². The molecule has 3 aliphatic rings. The summed E-state index contributed by atoms with van der Waals surface area (Å²) in [4.78, 5) is 8.53. The lowest BCUT2D eigenvalue weighted by Gasteiger charge is -2.28. The smallest absolute Gasteiger partial charge is 0.379 e. The second-order valence-electron chi connectivity index (χ2n) is 4.69. The number of nitrogens with zero attached hydrogens (tertiary/aromatic N) is 3. The van der Waals surface area contributed by atoms with E-state index >= 15 is 0 Å². The van der Waals surface area contributed by atoms with Crippen molar-refractivity contribution >= 4 is 41.3 Å². The molecule has 0 radical (unpaired) electrons. The molecule has 0 saturated carbocycles. The minimum absolute atomic E-state index is 0.535. The second-order valence-corrected chi connectivity index (χ2v) is 8.86. The first-order valence-corrected chi connectivity index (χ1v) is 10.6. The number of amidine groups is 1. The molecular formula is C10H17N3O6S3. The summed E-state index contributed by atoms with van der Waals surface area (Å²) in [7, 11) is -4.51. The van der Waals surface area contributed by atoms with Crippen LogP contribution in [0.2, 0.25) is 0 Å². The Kier molecular flexibility index (Phi) is 5.39.